The van der Waals surface area contributed by atoms with Gasteiger partial charge < -0.3 is 4.90 Å². The van der Waals surface area contributed by atoms with Gasteiger partial charge in [-0.25, -0.2) is 0 Å². The van der Waals surface area contributed by atoms with Crippen molar-refractivity contribution in [2.24, 2.45) is 5.41 Å². The summed E-state index contributed by atoms with van der Waals surface area (Å²) in [5.74, 6) is 6.30. The summed E-state index contributed by atoms with van der Waals surface area (Å²) in [6.07, 6.45) is 4.32. The molecule has 2 aromatic heterocycles. The van der Waals surface area contributed by atoms with Crippen molar-refractivity contribution in [1.29, 1.82) is 0 Å². The van der Waals surface area contributed by atoms with Crippen LogP contribution in [-0.4, -0.2) is 39.6 Å². The molecule has 5 nitrogen and oxygen atoms in total. The highest BCUT2D eigenvalue weighted by atomic mass is 16.2. The van der Waals surface area contributed by atoms with E-state index >= 15 is 0 Å². The summed E-state index contributed by atoms with van der Waals surface area (Å²) in [5, 5.41) is 7.97. The fourth-order valence-corrected chi connectivity index (χ4v) is 3.48. The van der Waals surface area contributed by atoms with Crippen LogP contribution in [-0.2, 0) is 6.42 Å². The third kappa shape index (κ3) is 3.06. The lowest BCUT2D eigenvalue weighted by Gasteiger charge is -2.26. The van der Waals surface area contributed by atoms with Crippen LogP contribution in [0, 0.1) is 17.3 Å². The van der Waals surface area contributed by atoms with Crippen LogP contribution < -0.4 is 0 Å². The molecular formula is C21H20N4O. The summed E-state index contributed by atoms with van der Waals surface area (Å²) in [6.45, 7) is 5.04. The number of rotatable bonds is 0. The Kier molecular flexibility index (Phi) is 3.77. The molecule has 0 spiro atoms. The number of carbonyl (C=O) groups excluding carboxylic acids is 1. The molecule has 5 heteroatoms. The average molecular weight is 344 g/mol. The number of fused-ring (bicyclic) bond motifs is 2. The number of H-pyrrole nitrogens is 1. The minimum absolute atomic E-state index is 0.00978. The molecule has 1 aliphatic heterocycles. The lowest BCUT2D eigenvalue weighted by Crippen LogP contribution is -2.33. The minimum Gasteiger partial charge on any atom is -0.341 e. The minimum atomic E-state index is 0.00978. The van der Waals surface area contributed by atoms with Crippen LogP contribution >= 0.6 is 0 Å². The van der Waals surface area contributed by atoms with Crippen molar-refractivity contribution in [3.05, 3.63) is 59.0 Å². The van der Waals surface area contributed by atoms with Gasteiger partial charge in [0.1, 0.15) is 0 Å². The summed E-state index contributed by atoms with van der Waals surface area (Å²) in [6, 6.07) is 7.77. The zero-order valence-electron chi connectivity index (χ0n) is 15.1. The second-order valence-electron chi connectivity index (χ2n) is 7.64. The maximum Gasteiger partial charge on any atom is 0.255 e. The topological polar surface area (TPSA) is 61.9 Å². The smallest absolute Gasteiger partial charge is 0.255 e. The van der Waals surface area contributed by atoms with Crippen molar-refractivity contribution in [1.82, 2.24) is 20.1 Å². The van der Waals surface area contributed by atoms with Gasteiger partial charge in [-0.1, -0.05) is 25.7 Å². The van der Waals surface area contributed by atoms with E-state index in [0.717, 1.165) is 34.1 Å². The molecule has 0 atom stereocenters. The van der Waals surface area contributed by atoms with Crippen LogP contribution in [0.25, 0.3) is 10.9 Å². The molecule has 4 rings (SSSR count). The fraction of sp³-hybridized carbons (Fsp3) is 0.286. The maximum absolute atomic E-state index is 12.7. The third-order valence-corrected chi connectivity index (χ3v) is 4.65. The summed E-state index contributed by atoms with van der Waals surface area (Å²) >= 11 is 0. The van der Waals surface area contributed by atoms with Gasteiger partial charge in [0, 0.05) is 36.3 Å². The Morgan fingerprint density at radius 1 is 1.15 bits per heavy atom. The van der Waals surface area contributed by atoms with Gasteiger partial charge in [0.15, 0.2) is 0 Å². The quantitative estimate of drug-likeness (QED) is 0.638. The molecule has 0 aliphatic carbocycles. The van der Waals surface area contributed by atoms with E-state index in [0.29, 0.717) is 12.1 Å². The molecule has 0 fully saturated rings. The van der Waals surface area contributed by atoms with E-state index in [1.165, 1.54) is 0 Å². The average Bonchev–Trinajstić information content (AvgIpc) is 3.04. The normalized spacial score (nSPS) is 16.0. The Labute approximate surface area is 152 Å². The largest absolute Gasteiger partial charge is 0.341 e. The highest BCUT2D eigenvalue weighted by molar-refractivity contribution is 5.96. The van der Waals surface area contributed by atoms with E-state index in [4.69, 9.17) is 0 Å². The van der Waals surface area contributed by atoms with Gasteiger partial charge >= 0.3 is 0 Å². The van der Waals surface area contributed by atoms with Crippen LogP contribution in [0.4, 0.5) is 0 Å². The van der Waals surface area contributed by atoms with E-state index in [1.807, 2.05) is 31.3 Å². The molecule has 0 radical (unpaired) electrons. The molecule has 3 heterocycles. The summed E-state index contributed by atoms with van der Waals surface area (Å²) in [7, 11) is 1.84. The highest BCUT2D eigenvalue weighted by Gasteiger charge is 2.31. The van der Waals surface area contributed by atoms with Gasteiger partial charge in [0.2, 0.25) is 0 Å². The van der Waals surface area contributed by atoms with E-state index in [1.54, 1.807) is 17.3 Å². The zero-order chi connectivity index (χ0) is 18.3. The maximum atomic E-state index is 12.7. The van der Waals surface area contributed by atoms with Gasteiger partial charge in [-0.15, -0.1) is 0 Å². The number of nitrogens with one attached hydrogen (secondary N) is 1. The first-order valence-corrected chi connectivity index (χ1v) is 8.61. The molecule has 3 aromatic rings. The Bertz CT molecular complexity index is 1070. The molecular weight excluding hydrogens is 324 g/mol. The number of aromatic amines is 1. The lowest BCUT2D eigenvalue weighted by molar-refractivity contribution is 0.0754. The Balaban J connectivity index is 1.69. The van der Waals surface area contributed by atoms with Crippen molar-refractivity contribution in [3.63, 3.8) is 0 Å². The molecule has 1 aromatic carbocycles. The summed E-state index contributed by atoms with van der Waals surface area (Å²) in [4.78, 5) is 19.0. The first-order valence-electron chi connectivity index (χ1n) is 8.61. The predicted octanol–water partition coefficient (Wildman–Crippen LogP) is 3.01. The Morgan fingerprint density at radius 2 is 1.96 bits per heavy atom. The molecule has 1 amide bonds. The van der Waals surface area contributed by atoms with Crippen molar-refractivity contribution < 1.29 is 4.79 Å². The number of aromatic nitrogens is 3. The van der Waals surface area contributed by atoms with E-state index in [2.05, 4.69) is 40.9 Å². The molecule has 130 valence electrons. The number of nitrogens with zero attached hydrogens (tertiary/aromatic N) is 3. The third-order valence-electron chi connectivity index (χ3n) is 4.65. The summed E-state index contributed by atoms with van der Waals surface area (Å²) < 4.78 is 0. The van der Waals surface area contributed by atoms with E-state index in [9.17, 15) is 4.79 Å². The molecule has 26 heavy (non-hydrogen) atoms. The first kappa shape index (κ1) is 16.3. The van der Waals surface area contributed by atoms with Crippen molar-refractivity contribution in [3.8, 4) is 11.8 Å². The van der Waals surface area contributed by atoms with Gasteiger partial charge in [-0.3, -0.25) is 14.9 Å². The number of hydrogen-bond donors (Lipinski definition) is 1. The van der Waals surface area contributed by atoms with E-state index in [-0.39, 0.29) is 11.3 Å². The lowest BCUT2D eigenvalue weighted by atomic mass is 9.87. The van der Waals surface area contributed by atoms with Gasteiger partial charge in [-0.2, -0.15) is 5.10 Å². The molecule has 1 N–H and O–H groups in total. The van der Waals surface area contributed by atoms with E-state index < -0.39 is 0 Å². The number of amides is 1. The number of hydrogen-bond acceptors (Lipinski definition) is 3. The van der Waals surface area contributed by atoms with Gasteiger partial charge in [-0.05, 0) is 36.1 Å². The van der Waals surface area contributed by atoms with Gasteiger partial charge in [0.25, 0.3) is 5.91 Å². The Hall–Kier alpha value is -3.13. The molecule has 0 unspecified atom stereocenters. The number of pyridine rings is 1. The summed E-state index contributed by atoms with van der Waals surface area (Å²) in [5.41, 5.74) is 4.16. The molecule has 0 saturated heterocycles. The van der Waals surface area contributed by atoms with Crippen LogP contribution in [0.5, 0.6) is 0 Å². The van der Waals surface area contributed by atoms with Gasteiger partial charge in [0.05, 0.1) is 23.0 Å². The van der Waals surface area contributed by atoms with Crippen LogP contribution in [0.15, 0.2) is 36.7 Å². The van der Waals surface area contributed by atoms with Crippen LogP contribution in [0.1, 0.15) is 41.0 Å². The standard InChI is InChI=1S/C21H20N4O/c1-21(2)10-19-17(20(26)25(3)13-21)9-15(11-22-19)5-4-14-6-7-18-16(8-14)12-23-24-18/h6-9,11-12H,10,13H2,1-3H3,(H,23,24). The van der Waals surface area contributed by atoms with Crippen LogP contribution in [0.3, 0.4) is 0 Å². The molecule has 0 bridgehead atoms. The van der Waals surface area contributed by atoms with Crippen molar-refractivity contribution in [2.75, 3.05) is 13.6 Å². The zero-order valence-corrected chi connectivity index (χ0v) is 15.1. The van der Waals surface area contributed by atoms with Crippen LogP contribution in [0.2, 0.25) is 0 Å². The first-order chi connectivity index (χ1) is 12.4. The van der Waals surface area contributed by atoms with Crippen molar-refractivity contribution in [2.45, 2.75) is 20.3 Å². The predicted molar refractivity (Wildman–Crippen MR) is 101 cm³/mol. The second-order valence-corrected chi connectivity index (χ2v) is 7.64. The Morgan fingerprint density at radius 3 is 2.81 bits per heavy atom. The monoisotopic (exact) mass is 344 g/mol. The van der Waals surface area contributed by atoms with Crippen molar-refractivity contribution >= 4 is 16.8 Å². The molecule has 1 aliphatic rings. The fourth-order valence-electron chi connectivity index (χ4n) is 3.48. The highest BCUT2D eigenvalue weighted by Crippen LogP contribution is 2.28. The number of carbonyl (C=O) groups is 1. The number of benzene rings is 1. The second kappa shape index (κ2) is 5.99. The molecule has 0 saturated carbocycles. The SMILES string of the molecule is CN1CC(C)(C)Cc2ncc(C#Cc3ccc4[nH]ncc4c3)cc2C1=O.